The van der Waals surface area contributed by atoms with Gasteiger partial charge in [-0.15, -0.1) is 0 Å². The average Bonchev–Trinajstić information content (AvgIpc) is 3.40. The van der Waals surface area contributed by atoms with Crippen LogP contribution in [0.4, 0.5) is 4.79 Å². The predicted molar refractivity (Wildman–Crippen MR) is 122 cm³/mol. The fraction of sp³-hybridized carbons (Fsp3) is 0.423. The molecule has 3 N–H and O–H groups in total. The van der Waals surface area contributed by atoms with Crippen LogP contribution in [0.5, 0.6) is 0 Å². The number of hydrogen-bond acceptors (Lipinski definition) is 4. The van der Waals surface area contributed by atoms with Crippen molar-refractivity contribution in [2.45, 2.75) is 56.5 Å². The number of benzene rings is 2. The second kappa shape index (κ2) is 7.90. The Balaban J connectivity index is 1.24. The van der Waals surface area contributed by atoms with Crippen LogP contribution >= 0.6 is 0 Å². The predicted octanol–water partition coefficient (Wildman–Crippen LogP) is 3.82. The third-order valence-electron chi connectivity index (χ3n) is 7.62. The van der Waals surface area contributed by atoms with E-state index in [9.17, 15) is 19.5 Å². The van der Waals surface area contributed by atoms with Gasteiger partial charge in [0.05, 0.1) is 5.41 Å². The number of hydrogen-bond donors (Lipinski definition) is 3. The lowest BCUT2D eigenvalue weighted by molar-refractivity contribution is -0.145. The number of ether oxygens (including phenoxy) is 1. The van der Waals surface area contributed by atoms with E-state index in [1.807, 2.05) is 24.3 Å². The normalized spacial score (nSPS) is 24.5. The number of fused-ring (bicyclic) bond motifs is 3. The van der Waals surface area contributed by atoms with E-state index >= 15 is 0 Å². The van der Waals surface area contributed by atoms with E-state index in [1.165, 1.54) is 0 Å². The molecule has 0 heterocycles. The first-order chi connectivity index (χ1) is 15.8. The fourth-order valence-electron chi connectivity index (χ4n) is 5.33. The molecule has 33 heavy (non-hydrogen) atoms. The molecule has 7 heteroatoms. The summed E-state index contributed by atoms with van der Waals surface area (Å²) in [5, 5.41) is 15.0. The van der Waals surface area contributed by atoms with E-state index in [1.54, 1.807) is 6.92 Å². The highest BCUT2D eigenvalue weighted by atomic mass is 16.5. The van der Waals surface area contributed by atoms with E-state index in [0.717, 1.165) is 28.7 Å². The van der Waals surface area contributed by atoms with E-state index in [4.69, 9.17) is 4.74 Å². The van der Waals surface area contributed by atoms with Crippen molar-refractivity contribution in [1.82, 2.24) is 10.6 Å². The highest BCUT2D eigenvalue weighted by Crippen LogP contribution is 2.45. The number of carbonyl (C=O) groups excluding carboxylic acids is 2. The Morgan fingerprint density at radius 2 is 1.61 bits per heavy atom. The van der Waals surface area contributed by atoms with Crippen LogP contribution in [0.25, 0.3) is 11.1 Å². The van der Waals surface area contributed by atoms with Crippen LogP contribution in [0.15, 0.2) is 48.5 Å². The number of aliphatic carboxylic acids is 1. The molecule has 2 fully saturated rings. The van der Waals surface area contributed by atoms with Gasteiger partial charge in [-0.3, -0.25) is 4.79 Å². The highest BCUT2D eigenvalue weighted by molar-refractivity contribution is 5.92. The first-order valence-electron chi connectivity index (χ1n) is 11.5. The average molecular weight is 449 g/mol. The summed E-state index contributed by atoms with van der Waals surface area (Å²) in [4.78, 5) is 37.2. The van der Waals surface area contributed by atoms with Crippen molar-refractivity contribution in [2.75, 3.05) is 6.61 Å². The summed E-state index contributed by atoms with van der Waals surface area (Å²) in [7, 11) is 0. The first-order valence-corrected chi connectivity index (χ1v) is 11.5. The van der Waals surface area contributed by atoms with Crippen LogP contribution < -0.4 is 10.6 Å². The minimum Gasteiger partial charge on any atom is -0.480 e. The Morgan fingerprint density at radius 1 is 1.00 bits per heavy atom. The molecule has 7 nitrogen and oxygen atoms in total. The Morgan fingerprint density at radius 3 is 2.18 bits per heavy atom. The summed E-state index contributed by atoms with van der Waals surface area (Å²) in [6, 6.07) is 15.9. The fourth-order valence-corrected chi connectivity index (χ4v) is 5.33. The molecule has 2 aromatic carbocycles. The second-order valence-corrected chi connectivity index (χ2v) is 9.67. The van der Waals surface area contributed by atoms with Gasteiger partial charge in [0.15, 0.2) is 0 Å². The topological polar surface area (TPSA) is 105 Å². The van der Waals surface area contributed by atoms with E-state index in [0.29, 0.717) is 25.7 Å². The van der Waals surface area contributed by atoms with Crippen LogP contribution in [0.1, 0.15) is 56.1 Å². The molecular formula is C26H28N2O5. The van der Waals surface area contributed by atoms with Gasteiger partial charge in [-0.1, -0.05) is 55.0 Å². The number of carbonyl (C=O) groups is 3. The van der Waals surface area contributed by atoms with E-state index in [-0.39, 0.29) is 18.4 Å². The molecule has 0 saturated heterocycles. The minimum absolute atomic E-state index is 0.0355. The van der Waals surface area contributed by atoms with Crippen molar-refractivity contribution in [2.24, 2.45) is 5.41 Å². The van der Waals surface area contributed by atoms with Crippen molar-refractivity contribution in [3.8, 4) is 11.1 Å². The van der Waals surface area contributed by atoms with Gasteiger partial charge in [0.1, 0.15) is 12.1 Å². The molecule has 2 aromatic rings. The molecule has 2 unspecified atom stereocenters. The number of amides is 2. The van der Waals surface area contributed by atoms with Gasteiger partial charge in [-0.2, -0.15) is 0 Å². The van der Waals surface area contributed by atoms with Crippen molar-refractivity contribution >= 4 is 18.0 Å². The van der Waals surface area contributed by atoms with Crippen LogP contribution in [0, 0.1) is 5.41 Å². The molecule has 0 aromatic heterocycles. The summed E-state index contributed by atoms with van der Waals surface area (Å²) in [5.41, 5.74) is 2.59. The highest BCUT2D eigenvalue weighted by Gasteiger charge is 2.55. The molecule has 2 saturated carbocycles. The summed E-state index contributed by atoms with van der Waals surface area (Å²) in [6.07, 6.45) is 2.33. The maximum atomic E-state index is 13.0. The Kier molecular flexibility index (Phi) is 5.15. The zero-order chi connectivity index (χ0) is 23.2. The first kappa shape index (κ1) is 21.5. The maximum absolute atomic E-state index is 13.0. The molecule has 0 aliphatic heterocycles. The number of alkyl carbamates (subject to hydrolysis) is 1. The monoisotopic (exact) mass is 448 g/mol. The largest absolute Gasteiger partial charge is 0.480 e. The zero-order valence-electron chi connectivity index (χ0n) is 18.6. The quantitative estimate of drug-likeness (QED) is 0.623. The third kappa shape index (κ3) is 3.65. The van der Waals surface area contributed by atoms with Gasteiger partial charge in [0.2, 0.25) is 5.91 Å². The molecular weight excluding hydrogens is 420 g/mol. The van der Waals surface area contributed by atoms with Crippen LogP contribution in [0.3, 0.4) is 0 Å². The van der Waals surface area contributed by atoms with Crippen molar-refractivity contribution in [3.05, 3.63) is 59.7 Å². The maximum Gasteiger partial charge on any atom is 0.407 e. The van der Waals surface area contributed by atoms with Gasteiger partial charge in [0, 0.05) is 12.0 Å². The lowest BCUT2D eigenvalue weighted by atomic mass is 9.83. The van der Waals surface area contributed by atoms with Crippen LogP contribution in [-0.2, 0) is 14.3 Å². The van der Waals surface area contributed by atoms with E-state index < -0.39 is 29.1 Å². The number of carboxylic acid groups (broad SMARTS) is 1. The van der Waals surface area contributed by atoms with Gasteiger partial charge in [0.25, 0.3) is 0 Å². The summed E-state index contributed by atoms with van der Waals surface area (Å²) in [5.74, 6) is -1.35. The van der Waals surface area contributed by atoms with Crippen molar-refractivity contribution in [3.63, 3.8) is 0 Å². The number of nitrogens with one attached hydrogen (secondary N) is 2. The Hall–Kier alpha value is -3.35. The van der Waals surface area contributed by atoms with Gasteiger partial charge in [-0.25, -0.2) is 9.59 Å². The molecule has 2 atom stereocenters. The Bertz CT molecular complexity index is 1080. The summed E-state index contributed by atoms with van der Waals surface area (Å²) in [6.45, 7) is 2.00. The molecule has 0 radical (unpaired) electrons. The lowest BCUT2D eigenvalue weighted by Gasteiger charge is -2.32. The SMILES string of the molecule is CC1(C(=O)NC2(C(=O)O)CC2)CCCC1NC(=O)OCC1c2ccccc2-c2ccccc21. The summed E-state index contributed by atoms with van der Waals surface area (Å²) < 4.78 is 5.65. The molecule has 2 amide bonds. The molecule has 0 bridgehead atoms. The summed E-state index contributed by atoms with van der Waals surface area (Å²) >= 11 is 0. The zero-order valence-corrected chi connectivity index (χ0v) is 18.6. The number of carboxylic acids is 1. The minimum atomic E-state index is -1.14. The van der Waals surface area contributed by atoms with Gasteiger partial charge < -0.3 is 20.5 Å². The molecule has 172 valence electrons. The lowest BCUT2D eigenvalue weighted by Crippen LogP contribution is -2.55. The smallest absolute Gasteiger partial charge is 0.407 e. The molecule has 3 aliphatic carbocycles. The van der Waals surface area contributed by atoms with Crippen molar-refractivity contribution < 1.29 is 24.2 Å². The van der Waals surface area contributed by atoms with Crippen LogP contribution in [0.2, 0.25) is 0 Å². The molecule has 3 aliphatic rings. The standard InChI is InChI=1S/C26H28N2O5/c1-25(22(29)28-26(13-14-26)23(30)31)12-6-11-21(25)27-24(32)33-15-20-18-9-4-2-7-16(18)17-8-3-5-10-19(17)20/h2-5,7-10,20-21H,6,11-15H2,1H3,(H,27,32)(H,28,29)(H,30,31). The Labute approximate surface area is 192 Å². The molecule has 5 rings (SSSR count). The van der Waals surface area contributed by atoms with Gasteiger partial charge in [-0.05, 0) is 54.9 Å². The third-order valence-corrected chi connectivity index (χ3v) is 7.62. The second-order valence-electron chi connectivity index (χ2n) is 9.67. The van der Waals surface area contributed by atoms with Crippen molar-refractivity contribution in [1.29, 1.82) is 0 Å². The van der Waals surface area contributed by atoms with Gasteiger partial charge >= 0.3 is 12.1 Å². The van der Waals surface area contributed by atoms with E-state index in [2.05, 4.69) is 34.9 Å². The number of rotatable bonds is 6. The molecule has 0 spiro atoms. The van der Waals surface area contributed by atoms with Crippen LogP contribution in [-0.4, -0.2) is 41.3 Å².